The van der Waals surface area contributed by atoms with Gasteiger partial charge in [-0.1, -0.05) is 6.92 Å². The Morgan fingerprint density at radius 1 is 1.26 bits per heavy atom. The van der Waals surface area contributed by atoms with Gasteiger partial charge in [0.25, 0.3) is 0 Å². The molecule has 102 valence electrons. The molecule has 0 radical (unpaired) electrons. The van der Waals surface area contributed by atoms with Crippen LogP contribution < -0.4 is 10.2 Å². The summed E-state index contributed by atoms with van der Waals surface area (Å²) < 4.78 is 18.4. The lowest BCUT2D eigenvalue weighted by atomic mass is 10.2. The molecule has 0 amide bonds. The van der Waals surface area contributed by atoms with Gasteiger partial charge in [0.2, 0.25) is 0 Å². The lowest BCUT2D eigenvalue weighted by Crippen LogP contribution is -2.15. The van der Waals surface area contributed by atoms with E-state index in [1.54, 1.807) is 18.4 Å². The van der Waals surface area contributed by atoms with Crippen molar-refractivity contribution in [1.29, 1.82) is 0 Å². The van der Waals surface area contributed by atoms with Gasteiger partial charge in [-0.3, -0.25) is 0 Å². The van der Waals surface area contributed by atoms with Crippen LogP contribution in [0.1, 0.15) is 18.2 Å². The molecule has 1 heterocycles. The average Bonchev–Trinajstić information content (AvgIpc) is 2.84. The monoisotopic (exact) mass is 262 g/mol. The Labute approximate surface area is 113 Å². The SMILES string of the molecule is CCNCc1coc(CN(C)c2ccc(F)cc2)c1. The van der Waals surface area contributed by atoms with Gasteiger partial charge in [-0.25, -0.2) is 4.39 Å². The Balaban J connectivity index is 1.96. The maximum Gasteiger partial charge on any atom is 0.123 e. The number of nitrogens with one attached hydrogen (secondary N) is 1. The van der Waals surface area contributed by atoms with Crippen LogP contribution in [0.15, 0.2) is 41.0 Å². The van der Waals surface area contributed by atoms with E-state index in [0.29, 0.717) is 6.54 Å². The molecule has 2 rings (SSSR count). The fraction of sp³-hybridized carbons (Fsp3) is 0.333. The third-order valence-corrected chi connectivity index (χ3v) is 2.95. The molecule has 1 aromatic heterocycles. The first-order chi connectivity index (χ1) is 9.19. The van der Waals surface area contributed by atoms with Crippen molar-refractivity contribution in [3.63, 3.8) is 0 Å². The van der Waals surface area contributed by atoms with Crippen molar-refractivity contribution in [2.45, 2.75) is 20.0 Å². The van der Waals surface area contributed by atoms with Gasteiger partial charge in [0.15, 0.2) is 0 Å². The molecule has 0 unspecified atom stereocenters. The number of halogens is 1. The predicted octanol–water partition coefficient (Wildman–Crippen LogP) is 3.16. The number of furan rings is 1. The van der Waals surface area contributed by atoms with Crippen molar-refractivity contribution < 1.29 is 8.81 Å². The lowest BCUT2D eigenvalue weighted by molar-refractivity contribution is 0.504. The van der Waals surface area contributed by atoms with E-state index in [1.807, 2.05) is 18.0 Å². The van der Waals surface area contributed by atoms with E-state index in [0.717, 1.165) is 30.1 Å². The quantitative estimate of drug-likeness (QED) is 0.866. The van der Waals surface area contributed by atoms with E-state index in [2.05, 4.69) is 12.2 Å². The molecular formula is C15H19FN2O. The van der Waals surface area contributed by atoms with E-state index in [4.69, 9.17) is 4.42 Å². The first-order valence-corrected chi connectivity index (χ1v) is 6.42. The van der Waals surface area contributed by atoms with Crippen LogP contribution in [0.4, 0.5) is 10.1 Å². The third-order valence-electron chi connectivity index (χ3n) is 2.95. The second-order valence-electron chi connectivity index (χ2n) is 4.53. The molecule has 0 aliphatic rings. The summed E-state index contributed by atoms with van der Waals surface area (Å²) >= 11 is 0. The molecule has 0 saturated carbocycles. The molecule has 4 heteroatoms. The number of nitrogens with zero attached hydrogens (tertiary/aromatic N) is 1. The minimum absolute atomic E-state index is 0.219. The van der Waals surface area contributed by atoms with Crippen molar-refractivity contribution in [2.75, 3.05) is 18.5 Å². The second kappa shape index (κ2) is 6.38. The number of rotatable bonds is 6. The minimum atomic E-state index is -0.219. The molecule has 0 aliphatic carbocycles. The summed E-state index contributed by atoms with van der Waals surface area (Å²) in [4.78, 5) is 2.02. The van der Waals surface area contributed by atoms with Crippen LogP contribution >= 0.6 is 0 Å². The highest BCUT2D eigenvalue weighted by atomic mass is 19.1. The molecule has 1 N–H and O–H groups in total. The Morgan fingerprint density at radius 2 is 2.00 bits per heavy atom. The largest absolute Gasteiger partial charge is 0.467 e. The fourth-order valence-corrected chi connectivity index (χ4v) is 1.89. The number of benzene rings is 1. The molecule has 19 heavy (non-hydrogen) atoms. The van der Waals surface area contributed by atoms with Crippen molar-refractivity contribution in [2.24, 2.45) is 0 Å². The molecule has 3 nitrogen and oxygen atoms in total. The summed E-state index contributed by atoms with van der Waals surface area (Å²) in [6.45, 7) is 4.50. The highest BCUT2D eigenvalue weighted by Gasteiger charge is 2.06. The molecule has 0 bridgehead atoms. The van der Waals surface area contributed by atoms with Gasteiger partial charge in [0.05, 0.1) is 12.8 Å². The first kappa shape index (κ1) is 13.6. The standard InChI is InChI=1S/C15H19FN2O/c1-3-17-9-12-8-15(19-11-12)10-18(2)14-6-4-13(16)5-7-14/h4-8,11,17H,3,9-10H2,1-2H3. The smallest absolute Gasteiger partial charge is 0.123 e. The highest BCUT2D eigenvalue weighted by Crippen LogP contribution is 2.17. The highest BCUT2D eigenvalue weighted by molar-refractivity contribution is 5.45. The van der Waals surface area contributed by atoms with Gasteiger partial charge in [-0.05, 0) is 36.9 Å². The Kier molecular flexibility index (Phi) is 4.58. The summed E-state index contributed by atoms with van der Waals surface area (Å²) in [5, 5.41) is 3.25. The van der Waals surface area contributed by atoms with E-state index in [9.17, 15) is 4.39 Å². The van der Waals surface area contributed by atoms with Gasteiger partial charge in [-0.15, -0.1) is 0 Å². The molecule has 2 aromatic rings. The van der Waals surface area contributed by atoms with Crippen LogP contribution in [0.5, 0.6) is 0 Å². The van der Waals surface area contributed by atoms with Gasteiger partial charge in [0, 0.05) is 24.8 Å². The molecule has 0 spiro atoms. The maximum absolute atomic E-state index is 12.9. The van der Waals surface area contributed by atoms with Gasteiger partial charge < -0.3 is 14.6 Å². The van der Waals surface area contributed by atoms with Crippen LogP contribution in [-0.4, -0.2) is 13.6 Å². The van der Waals surface area contributed by atoms with Crippen LogP contribution in [0.25, 0.3) is 0 Å². The third kappa shape index (κ3) is 3.83. The summed E-state index contributed by atoms with van der Waals surface area (Å²) in [5.74, 6) is 0.683. The van der Waals surface area contributed by atoms with E-state index in [-0.39, 0.29) is 5.82 Å². The van der Waals surface area contributed by atoms with E-state index >= 15 is 0 Å². The van der Waals surface area contributed by atoms with Crippen molar-refractivity contribution >= 4 is 5.69 Å². The molecule has 0 fully saturated rings. The van der Waals surface area contributed by atoms with Crippen molar-refractivity contribution in [1.82, 2.24) is 5.32 Å². The second-order valence-corrected chi connectivity index (χ2v) is 4.53. The van der Waals surface area contributed by atoms with Crippen molar-refractivity contribution in [3.05, 3.63) is 53.7 Å². The van der Waals surface area contributed by atoms with Crippen LogP contribution in [0, 0.1) is 5.82 Å². The molecular weight excluding hydrogens is 243 g/mol. The van der Waals surface area contributed by atoms with Crippen LogP contribution in [-0.2, 0) is 13.1 Å². The zero-order valence-electron chi connectivity index (χ0n) is 11.3. The van der Waals surface area contributed by atoms with Gasteiger partial charge in [0.1, 0.15) is 11.6 Å². The predicted molar refractivity (Wildman–Crippen MR) is 74.6 cm³/mol. The zero-order valence-corrected chi connectivity index (χ0v) is 11.3. The summed E-state index contributed by atoms with van der Waals surface area (Å²) in [5.41, 5.74) is 2.11. The van der Waals surface area contributed by atoms with Gasteiger partial charge >= 0.3 is 0 Å². The minimum Gasteiger partial charge on any atom is -0.467 e. The fourth-order valence-electron chi connectivity index (χ4n) is 1.89. The molecule has 0 atom stereocenters. The molecule has 0 saturated heterocycles. The Hall–Kier alpha value is -1.81. The first-order valence-electron chi connectivity index (χ1n) is 6.42. The van der Waals surface area contributed by atoms with Crippen molar-refractivity contribution in [3.8, 4) is 0 Å². The van der Waals surface area contributed by atoms with E-state index in [1.165, 1.54) is 12.1 Å². The summed E-state index contributed by atoms with van der Waals surface area (Å²) in [7, 11) is 1.96. The van der Waals surface area contributed by atoms with Crippen LogP contribution in [0.2, 0.25) is 0 Å². The lowest BCUT2D eigenvalue weighted by Gasteiger charge is -2.17. The number of anilines is 1. The Morgan fingerprint density at radius 3 is 2.68 bits per heavy atom. The summed E-state index contributed by atoms with van der Waals surface area (Å²) in [6.07, 6.45) is 1.77. The Bertz CT molecular complexity index is 507. The zero-order chi connectivity index (χ0) is 13.7. The number of hydrogen-bond acceptors (Lipinski definition) is 3. The van der Waals surface area contributed by atoms with Crippen LogP contribution in [0.3, 0.4) is 0 Å². The maximum atomic E-state index is 12.9. The normalized spacial score (nSPS) is 10.7. The topological polar surface area (TPSA) is 28.4 Å². The molecule has 0 aliphatic heterocycles. The summed E-state index contributed by atoms with van der Waals surface area (Å²) in [6, 6.07) is 8.49. The van der Waals surface area contributed by atoms with Gasteiger partial charge in [-0.2, -0.15) is 0 Å². The average molecular weight is 262 g/mol. The van der Waals surface area contributed by atoms with E-state index < -0.39 is 0 Å². The number of hydrogen-bond donors (Lipinski definition) is 1. The molecule has 1 aromatic carbocycles.